The maximum absolute atomic E-state index is 11.4. The fourth-order valence-corrected chi connectivity index (χ4v) is 2.75. The van der Waals surface area contributed by atoms with E-state index in [4.69, 9.17) is 5.84 Å². The zero-order chi connectivity index (χ0) is 10.6. The summed E-state index contributed by atoms with van der Waals surface area (Å²) in [5.74, 6) is 6.27. The quantitative estimate of drug-likeness (QED) is 0.356. The van der Waals surface area contributed by atoms with Gasteiger partial charge < -0.3 is 0 Å². The van der Waals surface area contributed by atoms with E-state index in [0.29, 0.717) is 11.5 Å². The summed E-state index contributed by atoms with van der Waals surface area (Å²) in [6.45, 7) is 3.39. The molecule has 82 valence electrons. The molecule has 0 aliphatic carbocycles. The minimum atomic E-state index is -0.699. The number of carbonyl (C=O) groups is 1. The number of hydrogen-bond acceptors (Lipinski definition) is 4. The van der Waals surface area contributed by atoms with Crippen LogP contribution in [-0.4, -0.2) is 45.7 Å². The fraction of sp³-hybridized carbons (Fsp3) is 0.875. The van der Waals surface area contributed by atoms with Gasteiger partial charge in [-0.3, -0.25) is 19.3 Å². The van der Waals surface area contributed by atoms with E-state index in [9.17, 15) is 9.00 Å². The molecule has 5 nitrogen and oxygen atoms in total. The average molecular weight is 219 g/mol. The summed E-state index contributed by atoms with van der Waals surface area (Å²) >= 11 is 0. The Balaban J connectivity index is 2.52. The van der Waals surface area contributed by atoms with Crippen LogP contribution in [0.2, 0.25) is 0 Å². The lowest BCUT2D eigenvalue weighted by Crippen LogP contribution is -2.52. The molecule has 0 aromatic heterocycles. The van der Waals surface area contributed by atoms with Crippen LogP contribution >= 0.6 is 0 Å². The van der Waals surface area contributed by atoms with Gasteiger partial charge in [-0.15, -0.1) is 0 Å². The molecule has 1 amide bonds. The number of rotatable bonds is 3. The molecule has 1 aliphatic heterocycles. The summed E-state index contributed by atoms with van der Waals surface area (Å²) in [5, 5.41) is 0. The van der Waals surface area contributed by atoms with Crippen molar-refractivity contribution in [2.75, 3.05) is 24.6 Å². The van der Waals surface area contributed by atoms with Gasteiger partial charge in [0.15, 0.2) is 0 Å². The second-order valence-corrected chi connectivity index (χ2v) is 5.01. The van der Waals surface area contributed by atoms with Crippen molar-refractivity contribution in [3.8, 4) is 0 Å². The van der Waals surface area contributed by atoms with Crippen LogP contribution in [-0.2, 0) is 15.6 Å². The SMILES string of the molecule is CCC(C(=O)NN)N1CCS(=O)CC1. The fourth-order valence-electron chi connectivity index (χ4n) is 1.67. The van der Waals surface area contributed by atoms with E-state index >= 15 is 0 Å². The second kappa shape index (κ2) is 5.43. The van der Waals surface area contributed by atoms with E-state index in [1.54, 1.807) is 0 Å². The van der Waals surface area contributed by atoms with Crippen molar-refractivity contribution in [3.05, 3.63) is 0 Å². The van der Waals surface area contributed by atoms with Crippen LogP contribution in [0.4, 0.5) is 0 Å². The maximum atomic E-state index is 11.4. The minimum absolute atomic E-state index is 0.153. The number of carbonyl (C=O) groups excluding carboxylic acids is 1. The molecule has 1 heterocycles. The van der Waals surface area contributed by atoms with Gasteiger partial charge in [-0.05, 0) is 6.42 Å². The zero-order valence-electron chi connectivity index (χ0n) is 8.36. The first-order chi connectivity index (χ1) is 6.69. The van der Waals surface area contributed by atoms with E-state index in [1.165, 1.54) is 0 Å². The molecule has 3 N–H and O–H groups in total. The summed E-state index contributed by atoms with van der Waals surface area (Å²) in [7, 11) is -0.699. The average Bonchev–Trinajstić information content (AvgIpc) is 2.21. The first kappa shape index (κ1) is 11.6. The molecule has 1 aliphatic rings. The van der Waals surface area contributed by atoms with Crippen molar-refractivity contribution < 1.29 is 9.00 Å². The molecule has 1 rings (SSSR count). The summed E-state index contributed by atoms with van der Waals surface area (Å²) in [6, 6.07) is -0.169. The topological polar surface area (TPSA) is 75.4 Å². The Morgan fingerprint density at radius 3 is 2.57 bits per heavy atom. The summed E-state index contributed by atoms with van der Waals surface area (Å²) in [5.41, 5.74) is 2.17. The number of nitrogens with two attached hydrogens (primary N) is 1. The second-order valence-electron chi connectivity index (χ2n) is 3.32. The number of nitrogens with one attached hydrogen (secondary N) is 1. The van der Waals surface area contributed by atoms with Crippen molar-refractivity contribution in [1.29, 1.82) is 0 Å². The van der Waals surface area contributed by atoms with Crippen molar-refractivity contribution in [2.24, 2.45) is 5.84 Å². The molecule has 0 aromatic rings. The van der Waals surface area contributed by atoms with E-state index in [2.05, 4.69) is 5.43 Å². The molecule has 1 atom stereocenters. The van der Waals surface area contributed by atoms with Crippen LogP contribution in [0.5, 0.6) is 0 Å². The standard InChI is InChI=1S/C8H17N3O2S/c1-2-7(8(12)10-9)11-3-5-14(13)6-4-11/h7H,2-6,9H2,1H3,(H,10,12). The van der Waals surface area contributed by atoms with E-state index < -0.39 is 10.8 Å². The predicted molar refractivity (Wildman–Crippen MR) is 55.9 cm³/mol. The third kappa shape index (κ3) is 2.76. The van der Waals surface area contributed by atoms with Gasteiger partial charge in [-0.2, -0.15) is 0 Å². The molecule has 0 spiro atoms. The molecule has 1 fully saturated rings. The highest BCUT2D eigenvalue weighted by Crippen LogP contribution is 2.08. The summed E-state index contributed by atoms with van der Waals surface area (Å²) < 4.78 is 11.1. The van der Waals surface area contributed by atoms with E-state index in [0.717, 1.165) is 19.5 Å². The van der Waals surface area contributed by atoms with Gasteiger partial charge in [-0.25, -0.2) is 5.84 Å². The van der Waals surface area contributed by atoms with Gasteiger partial charge in [0.05, 0.1) is 6.04 Å². The van der Waals surface area contributed by atoms with Crippen LogP contribution in [0, 0.1) is 0 Å². The Hall–Kier alpha value is -0.460. The van der Waals surface area contributed by atoms with Gasteiger partial charge in [0, 0.05) is 35.4 Å². The van der Waals surface area contributed by atoms with Gasteiger partial charge in [0.25, 0.3) is 5.91 Å². The normalized spacial score (nSPS) is 21.9. The molecule has 1 saturated heterocycles. The Labute approximate surface area is 86.4 Å². The molecule has 0 aromatic carbocycles. The van der Waals surface area contributed by atoms with Crippen LogP contribution in [0.15, 0.2) is 0 Å². The van der Waals surface area contributed by atoms with Crippen molar-refractivity contribution in [2.45, 2.75) is 19.4 Å². The van der Waals surface area contributed by atoms with E-state index in [1.807, 2.05) is 11.8 Å². The zero-order valence-corrected chi connectivity index (χ0v) is 9.18. The van der Waals surface area contributed by atoms with E-state index in [-0.39, 0.29) is 11.9 Å². The van der Waals surface area contributed by atoms with Gasteiger partial charge in [0.2, 0.25) is 0 Å². The molecule has 6 heteroatoms. The van der Waals surface area contributed by atoms with Crippen LogP contribution in [0.1, 0.15) is 13.3 Å². The maximum Gasteiger partial charge on any atom is 0.251 e. The van der Waals surface area contributed by atoms with Gasteiger partial charge >= 0.3 is 0 Å². The van der Waals surface area contributed by atoms with Crippen molar-refractivity contribution >= 4 is 16.7 Å². The number of hydrogen-bond donors (Lipinski definition) is 2. The van der Waals surface area contributed by atoms with Crippen molar-refractivity contribution in [3.63, 3.8) is 0 Å². The Bertz CT molecular complexity index is 225. The van der Waals surface area contributed by atoms with Gasteiger partial charge in [0.1, 0.15) is 0 Å². The lowest BCUT2D eigenvalue weighted by atomic mass is 10.2. The number of nitrogens with zero attached hydrogens (tertiary/aromatic N) is 1. The Kier molecular flexibility index (Phi) is 4.50. The van der Waals surface area contributed by atoms with Crippen LogP contribution in [0.3, 0.4) is 0 Å². The third-order valence-electron chi connectivity index (χ3n) is 2.48. The minimum Gasteiger partial charge on any atom is -0.293 e. The molecule has 0 bridgehead atoms. The monoisotopic (exact) mass is 219 g/mol. The molecular weight excluding hydrogens is 202 g/mol. The van der Waals surface area contributed by atoms with Gasteiger partial charge in [-0.1, -0.05) is 6.92 Å². The third-order valence-corrected chi connectivity index (χ3v) is 3.76. The Morgan fingerprint density at radius 1 is 1.57 bits per heavy atom. The molecule has 1 unspecified atom stereocenters. The Morgan fingerprint density at radius 2 is 2.14 bits per heavy atom. The highest BCUT2D eigenvalue weighted by atomic mass is 32.2. The lowest BCUT2D eigenvalue weighted by Gasteiger charge is -2.32. The lowest BCUT2D eigenvalue weighted by molar-refractivity contribution is -0.126. The first-order valence-electron chi connectivity index (χ1n) is 4.78. The molecular formula is C8H17N3O2S. The highest BCUT2D eigenvalue weighted by Gasteiger charge is 2.26. The number of amides is 1. The summed E-state index contributed by atoms with van der Waals surface area (Å²) in [6.07, 6.45) is 0.732. The summed E-state index contributed by atoms with van der Waals surface area (Å²) in [4.78, 5) is 13.4. The molecule has 0 radical (unpaired) electrons. The molecule has 0 saturated carbocycles. The highest BCUT2D eigenvalue weighted by molar-refractivity contribution is 7.85. The smallest absolute Gasteiger partial charge is 0.251 e. The van der Waals surface area contributed by atoms with Crippen molar-refractivity contribution in [1.82, 2.24) is 10.3 Å². The predicted octanol–water partition coefficient (Wildman–Crippen LogP) is -1.18. The number of hydrazine groups is 1. The molecule has 14 heavy (non-hydrogen) atoms. The van der Waals surface area contributed by atoms with Crippen LogP contribution < -0.4 is 11.3 Å². The largest absolute Gasteiger partial charge is 0.293 e. The van der Waals surface area contributed by atoms with Crippen LogP contribution in [0.25, 0.3) is 0 Å². The first-order valence-corrected chi connectivity index (χ1v) is 6.27.